The highest BCUT2D eigenvalue weighted by Crippen LogP contribution is 2.22. The zero-order valence-electron chi connectivity index (χ0n) is 14.3. The quantitative estimate of drug-likeness (QED) is 0.683. The maximum absolute atomic E-state index is 5.59. The van der Waals surface area contributed by atoms with Gasteiger partial charge in [-0.15, -0.1) is 0 Å². The topological polar surface area (TPSA) is 59.1 Å². The third-order valence-corrected chi connectivity index (χ3v) is 3.01. The molecular weight excluding hydrogens is 264 g/mol. The summed E-state index contributed by atoms with van der Waals surface area (Å²) in [6.45, 7) is 15.7. The largest absolute Gasteiger partial charge is 0.379 e. The van der Waals surface area contributed by atoms with Gasteiger partial charge in [0.2, 0.25) is 0 Å². The first-order valence-corrected chi connectivity index (χ1v) is 7.89. The minimum absolute atomic E-state index is 0.306. The third-order valence-electron chi connectivity index (χ3n) is 3.01. The molecule has 1 aromatic rings. The Morgan fingerprint density at radius 2 is 1.67 bits per heavy atom. The second-order valence-corrected chi connectivity index (χ2v) is 5.98. The van der Waals surface area contributed by atoms with Crippen LogP contribution < -0.4 is 10.6 Å². The van der Waals surface area contributed by atoms with Gasteiger partial charge in [0.05, 0.1) is 6.61 Å². The summed E-state index contributed by atoms with van der Waals surface area (Å²) in [5.74, 6) is 3.56. The summed E-state index contributed by atoms with van der Waals surface area (Å²) in [4.78, 5) is 9.23. The van der Waals surface area contributed by atoms with Crippen LogP contribution in [-0.4, -0.2) is 36.3 Å². The van der Waals surface area contributed by atoms with Crippen LogP contribution >= 0.6 is 0 Å². The van der Waals surface area contributed by atoms with Crippen molar-refractivity contribution in [2.24, 2.45) is 5.92 Å². The average molecular weight is 294 g/mol. The van der Waals surface area contributed by atoms with Crippen molar-refractivity contribution in [1.82, 2.24) is 9.97 Å². The molecule has 0 radical (unpaired) electrons. The zero-order chi connectivity index (χ0) is 15.8. The van der Waals surface area contributed by atoms with Crippen molar-refractivity contribution in [1.29, 1.82) is 0 Å². The second kappa shape index (κ2) is 8.82. The van der Waals surface area contributed by atoms with E-state index in [4.69, 9.17) is 4.74 Å². The number of anilines is 2. The van der Waals surface area contributed by atoms with Crippen LogP contribution in [0.3, 0.4) is 0 Å². The number of hydrogen-bond acceptors (Lipinski definition) is 5. The van der Waals surface area contributed by atoms with E-state index in [2.05, 4.69) is 55.2 Å². The van der Waals surface area contributed by atoms with Gasteiger partial charge in [-0.2, -0.15) is 0 Å². The van der Waals surface area contributed by atoms with Crippen LogP contribution in [0.2, 0.25) is 0 Å². The number of nitrogens with one attached hydrogen (secondary N) is 2. The molecular formula is C16H30N4O. The van der Waals surface area contributed by atoms with E-state index in [1.807, 2.05) is 6.92 Å². The standard InChI is InChI=1S/C16H30N4O/c1-7-17-15-13(6)16(20-14(19-15)12(4)5)18-8-9-21-10-11(2)3/h11-12H,7-10H2,1-6H3,(H2,17,18,19,20). The summed E-state index contributed by atoms with van der Waals surface area (Å²) in [6, 6.07) is 0. The lowest BCUT2D eigenvalue weighted by Gasteiger charge is -2.16. The monoisotopic (exact) mass is 294 g/mol. The Balaban J connectivity index is 2.70. The molecule has 5 nitrogen and oxygen atoms in total. The molecule has 1 rings (SSSR count). The van der Waals surface area contributed by atoms with E-state index in [1.54, 1.807) is 0 Å². The lowest BCUT2D eigenvalue weighted by atomic mass is 10.2. The van der Waals surface area contributed by atoms with Gasteiger partial charge in [-0.05, 0) is 19.8 Å². The van der Waals surface area contributed by atoms with Gasteiger partial charge in [-0.25, -0.2) is 9.97 Å². The van der Waals surface area contributed by atoms with E-state index in [9.17, 15) is 0 Å². The third kappa shape index (κ3) is 5.87. The maximum Gasteiger partial charge on any atom is 0.135 e. The highest BCUT2D eigenvalue weighted by Gasteiger charge is 2.12. The molecule has 0 saturated heterocycles. The lowest BCUT2D eigenvalue weighted by Crippen LogP contribution is -2.16. The number of ether oxygens (including phenoxy) is 1. The Labute approximate surface area is 128 Å². The number of rotatable bonds is 9. The van der Waals surface area contributed by atoms with E-state index in [0.29, 0.717) is 18.4 Å². The van der Waals surface area contributed by atoms with Crippen LogP contribution in [-0.2, 0) is 4.74 Å². The molecule has 1 aromatic heterocycles. The second-order valence-electron chi connectivity index (χ2n) is 5.98. The first-order valence-electron chi connectivity index (χ1n) is 7.89. The molecule has 5 heteroatoms. The van der Waals surface area contributed by atoms with Crippen molar-refractivity contribution in [3.63, 3.8) is 0 Å². The van der Waals surface area contributed by atoms with Crippen molar-refractivity contribution in [2.75, 3.05) is 36.9 Å². The average Bonchev–Trinajstić information content (AvgIpc) is 2.41. The van der Waals surface area contributed by atoms with Crippen LogP contribution in [0.15, 0.2) is 0 Å². The fourth-order valence-corrected chi connectivity index (χ4v) is 1.86. The first kappa shape index (κ1) is 17.7. The minimum Gasteiger partial charge on any atom is -0.379 e. The van der Waals surface area contributed by atoms with E-state index in [0.717, 1.165) is 42.7 Å². The van der Waals surface area contributed by atoms with Crippen LogP contribution in [0.1, 0.15) is 51.9 Å². The van der Waals surface area contributed by atoms with E-state index in [1.165, 1.54) is 0 Å². The molecule has 0 bridgehead atoms. The highest BCUT2D eigenvalue weighted by molar-refractivity contribution is 5.57. The summed E-state index contributed by atoms with van der Waals surface area (Å²) in [6.07, 6.45) is 0. The molecule has 0 unspecified atom stereocenters. The molecule has 2 N–H and O–H groups in total. The van der Waals surface area contributed by atoms with Gasteiger partial charge in [0.1, 0.15) is 17.5 Å². The van der Waals surface area contributed by atoms with E-state index >= 15 is 0 Å². The van der Waals surface area contributed by atoms with Crippen molar-refractivity contribution in [2.45, 2.75) is 47.5 Å². The molecule has 0 aliphatic rings. The predicted octanol–water partition coefficient (Wildman–Crippen LogP) is 3.42. The van der Waals surface area contributed by atoms with Gasteiger partial charge in [0.15, 0.2) is 0 Å². The van der Waals surface area contributed by atoms with E-state index in [-0.39, 0.29) is 0 Å². The van der Waals surface area contributed by atoms with Gasteiger partial charge >= 0.3 is 0 Å². The molecule has 0 aliphatic heterocycles. The molecule has 0 aliphatic carbocycles. The van der Waals surface area contributed by atoms with Crippen molar-refractivity contribution < 1.29 is 4.74 Å². The Bertz CT molecular complexity index is 433. The van der Waals surface area contributed by atoms with Gasteiger partial charge in [-0.1, -0.05) is 27.7 Å². The molecule has 0 amide bonds. The summed E-state index contributed by atoms with van der Waals surface area (Å²) in [5, 5.41) is 6.67. The summed E-state index contributed by atoms with van der Waals surface area (Å²) in [7, 11) is 0. The Hall–Kier alpha value is -1.36. The molecule has 0 spiro atoms. The SMILES string of the molecule is CCNc1nc(C(C)C)nc(NCCOCC(C)C)c1C. The molecule has 1 heterocycles. The maximum atomic E-state index is 5.59. The molecule has 0 fully saturated rings. The van der Waals surface area contributed by atoms with Crippen LogP contribution in [0.4, 0.5) is 11.6 Å². The van der Waals surface area contributed by atoms with Gasteiger partial charge in [-0.3, -0.25) is 0 Å². The molecule has 0 aromatic carbocycles. The molecule has 0 saturated carbocycles. The molecule has 21 heavy (non-hydrogen) atoms. The van der Waals surface area contributed by atoms with Crippen LogP contribution in [0.5, 0.6) is 0 Å². The number of hydrogen-bond donors (Lipinski definition) is 2. The van der Waals surface area contributed by atoms with Crippen LogP contribution in [0.25, 0.3) is 0 Å². The summed E-state index contributed by atoms with van der Waals surface area (Å²) in [5.41, 5.74) is 1.06. The predicted molar refractivity (Wildman–Crippen MR) is 89.2 cm³/mol. The van der Waals surface area contributed by atoms with Gasteiger partial charge in [0.25, 0.3) is 0 Å². The van der Waals surface area contributed by atoms with E-state index < -0.39 is 0 Å². The fraction of sp³-hybridized carbons (Fsp3) is 0.750. The van der Waals surface area contributed by atoms with Crippen molar-refractivity contribution in [3.05, 3.63) is 11.4 Å². The lowest BCUT2D eigenvalue weighted by molar-refractivity contribution is 0.118. The van der Waals surface area contributed by atoms with Gasteiger partial charge < -0.3 is 15.4 Å². The van der Waals surface area contributed by atoms with Crippen molar-refractivity contribution in [3.8, 4) is 0 Å². The molecule has 120 valence electrons. The normalized spacial score (nSPS) is 11.2. The fourth-order valence-electron chi connectivity index (χ4n) is 1.86. The van der Waals surface area contributed by atoms with Crippen LogP contribution in [0, 0.1) is 12.8 Å². The first-order chi connectivity index (χ1) is 9.95. The minimum atomic E-state index is 0.306. The van der Waals surface area contributed by atoms with Crippen molar-refractivity contribution >= 4 is 11.6 Å². The Morgan fingerprint density at radius 1 is 1.05 bits per heavy atom. The molecule has 0 atom stereocenters. The smallest absolute Gasteiger partial charge is 0.135 e. The number of aromatic nitrogens is 2. The summed E-state index contributed by atoms with van der Waals surface area (Å²) < 4.78 is 5.59. The Morgan fingerprint density at radius 3 is 2.19 bits per heavy atom. The Kier molecular flexibility index (Phi) is 7.43. The number of nitrogens with zero attached hydrogens (tertiary/aromatic N) is 2. The zero-order valence-corrected chi connectivity index (χ0v) is 14.3. The summed E-state index contributed by atoms with van der Waals surface area (Å²) >= 11 is 0. The van der Waals surface area contributed by atoms with Gasteiger partial charge in [0, 0.05) is 31.2 Å². The highest BCUT2D eigenvalue weighted by atomic mass is 16.5.